The summed E-state index contributed by atoms with van der Waals surface area (Å²) in [5, 5.41) is 2.66. The zero-order chi connectivity index (χ0) is 22.5. The van der Waals surface area contributed by atoms with Crippen LogP contribution in [0.15, 0.2) is 79.0 Å². The summed E-state index contributed by atoms with van der Waals surface area (Å²) in [6, 6.07) is 27.1. The van der Waals surface area contributed by atoms with Crippen LogP contribution in [-0.2, 0) is 0 Å². The van der Waals surface area contributed by atoms with Crippen molar-refractivity contribution in [2.24, 2.45) is 0 Å². The summed E-state index contributed by atoms with van der Waals surface area (Å²) in [5.74, 6) is 7.84. The first-order valence-corrected chi connectivity index (χ1v) is 19.5. The number of benzene rings is 3. The van der Waals surface area contributed by atoms with Gasteiger partial charge >= 0.3 is 172 Å². The van der Waals surface area contributed by atoms with Crippen LogP contribution >= 0.6 is 11.3 Å². The third-order valence-corrected chi connectivity index (χ3v) is 11.9. The molecule has 0 saturated heterocycles. The predicted octanol–water partition coefficient (Wildman–Crippen LogP) is 8.45. The van der Waals surface area contributed by atoms with E-state index >= 15 is 0 Å². The Bertz CT molecular complexity index is 1420. The monoisotopic (exact) mass is 497 g/mol. The molecule has 0 radical (unpaired) electrons. The molecule has 2 heterocycles. The van der Waals surface area contributed by atoms with Gasteiger partial charge in [-0.05, 0) is 12.0 Å². The third kappa shape index (κ3) is 3.80. The predicted molar refractivity (Wildman–Crippen MR) is 145 cm³/mol. The van der Waals surface area contributed by atoms with Gasteiger partial charge in [-0.3, -0.25) is 0 Å². The molecule has 5 aromatic rings. The van der Waals surface area contributed by atoms with E-state index in [2.05, 4.69) is 104 Å². The zero-order valence-electron chi connectivity index (χ0n) is 19.4. The van der Waals surface area contributed by atoms with E-state index in [0.717, 1.165) is 5.69 Å². The van der Waals surface area contributed by atoms with Crippen LogP contribution in [0.25, 0.3) is 42.6 Å². The number of nitrogens with zero attached hydrogens (tertiary/aromatic N) is 1. The average molecular weight is 496 g/mol. The van der Waals surface area contributed by atoms with Crippen LogP contribution in [-0.4, -0.2) is 18.3 Å². The van der Waals surface area contributed by atoms with Gasteiger partial charge in [0.15, 0.2) is 0 Å². The van der Waals surface area contributed by atoms with Gasteiger partial charge < -0.3 is 0 Å². The maximum atomic E-state index is 4.74. The van der Waals surface area contributed by atoms with Gasteiger partial charge in [0.05, 0.1) is 0 Å². The first-order valence-electron chi connectivity index (χ1n) is 11.3. The topological polar surface area (TPSA) is 12.9 Å². The summed E-state index contributed by atoms with van der Waals surface area (Å²) in [5.41, 5.74) is 6.26. The minimum absolute atomic E-state index is 0.491. The Morgan fingerprint density at radius 2 is 1.38 bits per heavy atom. The molecule has 0 aliphatic rings. The van der Waals surface area contributed by atoms with Crippen molar-refractivity contribution in [2.45, 2.75) is 37.0 Å². The van der Waals surface area contributed by atoms with Crippen LogP contribution in [0.5, 0.6) is 0 Å². The molecule has 0 bridgehead atoms. The average Bonchev–Trinajstić information content (AvgIpc) is 3.17. The van der Waals surface area contributed by atoms with Gasteiger partial charge in [0.2, 0.25) is 0 Å². The van der Waals surface area contributed by atoms with Crippen LogP contribution in [0.2, 0.25) is 17.3 Å². The maximum absolute atomic E-state index is 4.74. The second-order valence-corrected chi connectivity index (χ2v) is 21.6. The Morgan fingerprint density at radius 1 is 0.750 bits per heavy atom. The standard InChI is InChI=1S/C29H29GeNS/c1-19(2)21-16-17-31-27(18-21)26-11-7-10-25-24-9-6-8-23(28(24)32-29(25)26)20-12-14-22(15-13-20)30(3,4)5/h6-19H,1-5H3. The van der Waals surface area contributed by atoms with Gasteiger partial charge in [0.1, 0.15) is 0 Å². The molecule has 5 rings (SSSR count). The van der Waals surface area contributed by atoms with Gasteiger partial charge in [-0.2, -0.15) is 0 Å². The molecule has 3 heteroatoms. The van der Waals surface area contributed by atoms with Crippen molar-refractivity contribution in [1.29, 1.82) is 0 Å². The van der Waals surface area contributed by atoms with E-state index in [1.54, 1.807) is 4.40 Å². The molecule has 1 nitrogen and oxygen atoms in total. The summed E-state index contributed by atoms with van der Waals surface area (Å²) in [6.07, 6.45) is 1.95. The fourth-order valence-electron chi connectivity index (χ4n) is 4.35. The Kier molecular flexibility index (Phi) is 5.47. The van der Waals surface area contributed by atoms with Crippen molar-refractivity contribution >= 4 is 49.2 Å². The molecule has 160 valence electrons. The van der Waals surface area contributed by atoms with E-state index < -0.39 is 13.3 Å². The molecular formula is C29H29GeNS. The Morgan fingerprint density at radius 3 is 2.00 bits per heavy atom. The Hall–Kier alpha value is -2.43. The van der Waals surface area contributed by atoms with E-state index in [-0.39, 0.29) is 0 Å². The second-order valence-electron chi connectivity index (χ2n) is 9.92. The van der Waals surface area contributed by atoms with Crippen molar-refractivity contribution in [2.75, 3.05) is 0 Å². The molecule has 0 aliphatic heterocycles. The molecule has 0 amide bonds. The van der Waals surface area contributed by atoms with Gasteiger partial charge in [-0.15, -0.1) is 0 Å². The van der Waals surface area contributed by atoms with Gasteiger partial charge in [0, 0.05) is 0 Å². The molecule has 0 spiro atoms. The first kappa shape index (κ1) is 21.4. The molecule has 0 saturated carbocycles. The van der Waals surface area contributed by atoms with E-state index in [0.29, 0.717) is 5.92 Å². The zero-order valence-corrected chi connectivity index (χ0v) is 22.4. The quantitative estimate of drug-likeness (QED) is 0.228. The summed E-state index contributed by atoms with van der Waals surface area (Å²) < 4.78 is 4.24. The van der Waals surface area contributed by atoms with Crippen molar-refractivity contribution < 1.29 is 0 Å². The number of fused-ring (bicyclic) bond motifs is 3. The van der Waals surface area contributed by atoms with Crippen LogP contribution in [0.1, 0.15) is 25.3 Å². The van der Waals surface area contributed by atoms with Crippen LogP contribution in [0.3, 0.4) is 0 Å². The molecule has 32 heavy (non-hydrogen) atoms. The molecule has 0 unspecified atom stereocenters. The molecule has 0 N–H and O–H groups in total. The van der Waals surface area contributed by atoms with Crippen LogP contribution in [0.4, 0.5) is 0 Å². The van der Waals surface area contributed by atoms with E-state index in [1.807, 2.05) is 17.5 Å². The van der Waals surface area contributed by atoms with Crippen molar-refractivity contribution in [3.05, 3.63) is 84.6 Å². The van der Waals surface area contributed by atoms with Gasteiger partial charge in [0.25, 0.3) is 0 Å². The summed E-state index contributed by atoms with van der Waals surface area (Å²) in [6.45, 7) is 4.47. The SMILES string of the molecule is CC(C)c1ccnc(-c2cccc3c2sc2c(-c4cc[c]([Ge]([CH3])([CH3])[CH3])cc4)cccc23)c1. The van der Waals surface area contributed by atoms with Gasteiger partial charge in [-0.1, -0.05) is 13.8 Å². The molecule has 0 atom stereocenters. The first-order chi connectivity index (χ1) is 15.3. The molecule has 0 aliphatic carbocycles. The number of aromatic nitrogens is 1. The number of rotatable bonds is 4. The second kappa shape index (κ2) is 8.17. The summed E-state index contributed by atoms with van der Waals surface area (Å²) in [7, 11) is 0. The number of hydrogen-bond acceptors (Lipinski definition) is 2. The number of thiophene rings is 1. The van der Waals surface area contributed by atoms with E-state index in [4.69, 9.17) is 4.98 Å². The third-order valence-electron chi connectivity index (χ3n) is 6.31. The molecule has 3 aromatic carbocycles. The Labute approximate surface area is 197 Å². The van der Waals surface area contributed by atoms with E-state index in [1.165, 1.54) is 42.4 Å². The molecular weight excluding hydrogens is 467 g/mol. The van der Waals surface area contributed by atoms with Crippen molar-refractivity contribution in [1.82, 2.24) is 4.98 Å². The minimum atomic E-state index is -1.81. The van der Waals surface area contributed by atoms with Crippen molar-refractivity contribution in [3.63, 3.8) is 0 Å². The summed E-state index contributed by atoms with van der Waals surface area (Å²) in [4.78, 5) is 4.74. The Balaban J connectivity index is 1.70. The summed E-state index contributed by atoms with van der Waals surface area (Å²) >= 11 is 0.0896. The molecule has 2 aromatic heterocycles. The van der Waals surface area contributed by atoms with Gasteiger partial charge in [-0.25, -0.2) is 0 Å². The van der Waals surface area contributed by atoms with E-state index in [9.17, 15) is 0 Å². The fraction of sp³-hybridized carbons (Fsp3) is 0.207. The van der Waals surface area contributed by atoms with Crippen LogP contribution in [0, 0.1) is 0 Å². The number of pyridine rings is 1. The fourth-order valence-corrected chi connectivity index (χ4v) is 8.16. The van der Waals surface area contributed by atoms with Crippen LogP contribution < -0.4 is 4.40 Å². The molecule has 0 fully saturated rings. The van der Waals surface area contributed by atoms with Crippen molar-refractivity contribution in [3.8, 4) is 22.4 Å². The number of hydrogen-bond donors (Lipinski definition) is 0. The normalized spacial score (nSPS) is 12.2.